The van der Waals surface area contributed by atoms with Crippen LogP contribution in [0.25, 0.3) is 0 Å². The summed E-state index contributed by atoms with van der Waals surface area (Å²) in [6, 6.07) is 22.5. The number of ether oxygens (including phenoxy) is 5. The molecule has 44 heavy (non-hydrogen) atoms. The maximum Gasteiger partial charge on any atom is 0.332 e. The minimum Gasteiger partial charge on any atom is -0.497 e. The van der Waals surface area contributed by atoms with Crippen molar-refractivity contribution >= 4 is 23.4 Å². The second-order valence-corrected chi connectivity index (χ2v) is 11.7. The van der Waals surface area contributed by atoms with Crippen LogP contribution in [-0.2, 0) is 36.9 Å². The van der Waals surface area contributed by atoms with Gasteiger partial charge in [0.2, 0.25) is 5.91 Å². The lowest BCUT2D eigenvalue weighted by Crippen LogP contribution is -2.62. The van der Waals surface area contributed by atoms with Crippen molar-refractivity contribution in [3.8, 4) is 5.75 Å². The highest BCUT2D eigenvalue weighted by Crippen LogP contribution is 2.42. The third-order valence-corrected chi connectivity index (χ3v) is 8.21. The smallest absolute Gasteiger partial charge is 0.332 e. The number of ketones is 1. The maximum atomic E-state index is 14.3. The van der Waals surface area contributed by atoms with Gasteiger partial charge in [-0.2, -0.15) is 0 Å². The minimum atomic E-state index is -0.877. The third-order valence-electron chi connectivity index (χ3n) is 8.21. The zero-order chi connectivity index (χ0) is 31.0. The van der Waals surface area contributed by atoms with Crippen molar-refractivity contribution in [1.82, 2.24) is 4.90 Å². The average molecular weight is 601 g/mol. The fourth-order valence-corrected chi connectivity index (χ4v) is 6.03. The van der Waals surface area contributed by atoms with E-state index in [-0.39, 0.29) is 24.7 Å². The lowest BCUT2D eigenvalue weighted by atomic mass is 9.95. The zero-order valence-corrected chi connectivity index (χ0v) is 25.2. The SMILES string of the molecule is COc1ccc(CN2C(=O)N(c3ccc(C(C)=O)cc3)C(=O)C[C@H]2[C@H]2O[C@@H]3OC(C)(C)O[C@@H]3[C@H]2OCc2ccccc2)cc1. The maximum absolute atomic E-state index is 14.3. The van der Waals surface area contributed by atoms with Crippen LogP contribution >= 0.6 is 0 Å². The Labute approximate surface area is 256 Å². The quantitative estimate of drug-likeness (QED) is 0.313. The van der Waals surface area contributed by atoms with Crippen molar-refractivity contribution in [2.45, 2.75) is 76.8 Å². The number of imide groups is 1. The highest BCUT2D eigenvalue weighted by Gasteiger charge is 2.59. The first-order valence-corrected chi connectivity index (χ1v) is 14.7. The van der Waals surface area contributed by atoms with Crippen molar-refractivity contribution < 1.29 is 38.1 Å². The second kappa shape index (κ2) is 12.1. The molecule has 10 heteroatoms. The number of benzene rings is 3. The van der Waals surface area contributed by atoms with E-state index in [1.807, 2.05) is 68.4 Å². The van der Waals surface area contributed by atoms with Gasteiger partial charge in [-0.3, -0.25) is 9.59 Å². The van der Waals surface area contributed by atoms with Crippen LogP contribution in [0.15, 0.2) is 78.9 Å². The van der Waals surface area contributed by atoms with Gasteiger partial charge in [0, 0.05) is 12.1 Å². The standard InChI is InChI=1S/C34H36N2O8/c1-21(37)24-12-14-25(15-13-24)36-28(38)18-27(35(33(36)39)19-22-10-16-26(40-4)17-11-22)29-30(41-20-23-8-6-5-7-9-23)31-32(42-29)44-34(2,3)43-31/h5-17,27,29-32H,18-20H2,1-4H3/t27-,29+,30-,31+,32+/m0/s1. The molecule has 0 radical (unpaired) electrons. The number of anilines is 1. The van der Waals surface area contributed by atoms with E-state index in [4.69, 9.17) is 23.7 Å². The van der Waals surface area contributed by atoms with Crippen molar-refractivity contribution in [3.05, 3.63) is 95.6 Å². The molecule has 3 aromatic carbocycles. The van der Waals surface area contributed by atoms with Gasteiger partial charge in [-0.15, -0.1) is 0 Å². The molecule has 0 aromatic heterocycles. The van der Waals surface area contributed by atoms with E-state index < -0.39 is 42.5 Å². The lowest BCUT2D eigenvalue weighted by Gasteiger charge is -2.43. The molecule has 0 saturated carbocycles. The zero-order valence-electron chi connectivity index (χ0n) is 25.2. The Morgan fingerprint density at radius 1 is 0.909 bits per heavy atom. The van der Waals surface area contributed by atoms with Gasteiger partial charge in [0.1, 0.15) is 24.1 Å². The number of Topliss-reactive ketones (excluding diaryl/α,β-unsaturated/α-hetero) is 1. The van der Waals surface area contributed by atoms with Crippen LogP contribution in [0.2, 0.25) is 0 Å². The molecule has 3 heterocycles. The topological polar surface area (TPSA) is 104 Å². The molecule has 3 saturated heterocycles. The van der Waals surface area contributed by atoms with Gasteiger partial charge >= 0.3 is 6.03 Å². The Balaban J connectivity index is 1.33. The molecule has 0 aliphatic carbocycles. The first-order valence-electron chi connectivity index (χ1n) is 14.7. The lowest BCUT2D eigenvalue weighted by molar-refractivity contribution is -0.226. The molecule has 0 spiro atoms. The Morgan fingerprint density at radius 2 is 1.61 bits per heavy atom. The number of carbonyl (C=O) groups excluding carboxylic acids is 3. The van der Waals surface area contributed by atoms with E-state index >= 15 is 0 Å². The van der Waals surface area contributed by atoms with Crippen LogP contribution in [0.4, 0.5) is 10.5 Å². The van der Waals surface area contributed by atoms with Gasteiger partial charge in [0.05, 0.1) is 31.9 Å². The summed E-state index contributed by atoms with van der Waals surface area (Å²) in [5, 5.41) is 0. The van der Waals surface area contributed by atoms with Crippen LogP contribution in [0.3, 0.4) is 0 Å². The normalized spacial score (nSPS) is 26.1. The fraction of sp³-hybridized carbons (Fsp3) is 0.382. The van der Waals surface area contributed by atoms with Gasteiger partial charge in [-0.1, -0.05) is 42.5 Å². The van der Waals surface area contributed by atoms with Gasteiger partial charge in [0.15, 0.2) is 17.9 Å². The summed E-state index contributed by atoms with van der Waals surface area (Å²) < 4.78 is 30.5. The summed E-state index contributed by atoms with van der Waals surface area (Å²) in [6.07, 6.45) is -2.62. The van der Waals surface area contributed by atoms with Crippen LogP contribution in [0.5, 0.6) is 5.75 Å². The molecular formula is C34H36N2O8. The summed E-state index contributed by atoms with van der Waals surface area (Å²) in [5.41, 5.74) is 2.70. The molecule has 5 atom stereocenters. The molecule has 3 fully saturated rings. The number of amides is 3. The van der Waals surface area contributed by atoms with Gasteiger partial charge < -0.3 is 28.6 Å². The van der Waals surface area contributed by atoms with Crippen LogP contribution in [-0.4, -0.2) is 66.2 Å². The minimum absolute atomic E-state index is 0.0188. The summed E-state index contributed by atoms with van der Waals surface area (Å²) in [4.78, 5) is 42.7. The van der Waals surface area contributed by atoms with Crippen molar-refractivity contribution in [3.63, 3.8) is 0 Å². The number of hydrogen-bond donors (Lipinski definition) is 0. The third kappa shape index (κ3) is 5.98. The number of nitrogens with zero attached hydrogens (tertiary/aromatic N) is 2. The fourth-order valence-electron chi connectivity index (χ4n) is 6.03. The Kier molecular flexibility index (Phi) is 8.26. The molecule has 3 amide bonds. The molecule has 0 bridgehead atoms. The summed E-state index contributed by atoms with van der Waals surface area (Å²) in [5.74, 6) is -0.674. The number of hydrogen-bond acceptors (Lipinski definition) is 8. The average Bonchev–Trinajstić information content (AvgIpc) is 3.49. The molecule has 3 aliphatic rings. The second-order valence-electron chi connectivity index (χ2n) is 11.7. The van der Waals surface area contributed by atoms with Crippen LogP contribution in [0, 0.1) is 0 Å². The number of urea groups is 1. The van der Waals surface area contributed by atoms with Crippen molar-refractivity contribution in [2.75, 3.05) is 12.0 Å². The van der Waals surface area contributed by atoms with Crippen LogP contribution in [0.1, 0.15) is 48.7 Å². The highest BCUT2D eigenvalue weighted by atomic mass is 16.8. The highest BCUT2D eigenvalue weighted by molar-refractivity contribution is 6.16. The van der Waals surface area contributed by atoms with E-state index in [1.165, 1.54) is 6.92 Å². The predicted octanol–water partition coefficient (Wildman–Crippen LogP) is 5.09. The Morgan fingerprint density at radius 3 is 2.27 bits per heavy atom. The number of rotatable bonds is 9. The Bertz CT molecular complexity index is 1510. The van der Waals surface area contributed by atoms with E-state index in [0.29, 0.717) is 23.6 Å². The van der Waals surface area contributed by atoms with Gasteiger partial charge in [-0.05, 0) is 68.3 Å². The van der Waals surface area contributed by atoms with Gasteiger partial charge in [-0.25, -0.2) is 9.69 Å². The van der Waals surface area contributed by atoms with E-state index in [0.717, 1.165) is 16.0 Å². The summed E-state index contributed by atoms with van der Waals surface area (Å²) in [6.45, 7) is 5.60. The molecule has 0 unspecified atom stereocenters. The van der Waals surface area contributed by atoms with E-state index in [9.17, 15) is 14.4 Å². The molecule has 0 N–H and O–H groups in total. The molecule has 230 valence electrons. The monoisotopic (exact) mass is 600 g/mol. The van der Waals surface area contributed by atoms with Crippen molar-refractivity contribution in [2.24, 2.45) is 0 Å². The molecule has 10 nitrogen and oxygen atoms in total. The summed E-state index contributed by atoms with van der Waals surface area (Å²) >= 11 is 0. The van der Waals surface area contributed by atoms with Crippen molar-refractivity contribution in [1.29, 1.82) is 0 Å². The predicted molar refractivity (Wildman–Crippen MR) is 160 cm³/mol. The largest absolute Gasteiger partial charge is 0.497 e. The molecule has 3 aliphatic heterocycles. The summed E-state index contributed by atoms with van der Waals surface area (Å²) in [7, 11) is 1.59. The molecular weight excluding hydrogens is 564 g/mol. The van der Waals surface area contributed by atoms with Crippen LogP contribution < -0.4 is 9.64 Å². The first kappa shape index (κ1) is 30.0. The van der Waals surface area contributed by atoms with E-state index in [1.54, 1.807) is 36.3 Å². The number of fused-ring (bicyclic) bond motifs is 1. The number of carbonyl (C=O) groups is 3. The van der Waals surface area contributed by atoms with Gasteiger partial charge in [0.25, 0.3) is 0 Å². The molecule has 6 rings (SSSR count). The van der Waals surface area contributed by atoms with E-state index in [2.05, 4.69) is 0 Å². The number of methoxy groups -OCH3 is 1. The molecule has 3 aromatic rings. The first-order chi connectivity index (χ1) is 21.1. The Hall–Kier alpha value is -4.09.